The summed E-state index contributed by atoms with van der Waals surface area (Å²) in [6.07, 6.45) is 0. The Balaban J connectivity index is -0.0000000450. The molecule has 0 amide bonds. The maximum absolute atomic E-state index is 9.06. The van der Waals surface area contributed by atoms with E-state index in [1.807, 2.05) is 0 Å². The number of hydrogen-bond acceptors (Lipinski definition) is 2. The Morgan fingerprint density at radius 1 is 2.00 bits per heavy atom. The summed E-state index contributed by atoms with van der Waals surface area (Å²) in [5.74, 6) is 0. The van der Waals surface area contributed by atoms with Gasteiger partial charge in [-0.05, 0) is 0 Å². The Kier molecular flexibility index (Phi) is 9.19. The number of rotatable bonds is 0. The monoisotopic (exact) mass is 103 g/mol. The minimum atomic E-state index is -1.72. The van der Waals surface area contributed by atoms with Crippen LogP contribution in [0.4, 0.5) is 0 Å². The standard InChI is InChI=1S/Li.H4O2SSi.H/c;1-3(2)4;/h;4H3,(H,1,2);/q+1;;-1/p-1. The molecule has 0 aliphatic carbocycles. The third-order valence-electron chi connectivity index (χ3n) is 0. The third-order valence-corrected chi connectivity index (χ3v) is 0. The van der Waals surface area contributed by atoms with Gasteiger partial charge in [-0.2, -0.15) is 0 Å². The maximum atomic E-state index is 9.06. The molecule has 0 aliphatic rings. The summed E-state index contributed by atoms with van der Waals surface area (Å²) in [7, 11) is -1.46. The van der Waals surface area contributed by atoms with Crippen LogP contribution in [0.15, 0.2) is 0 Å². The molecule has 0 fully saturated rings. The van der Waals surface area contributed by atoms with Gasteiger partial charge in [-0.1, -0.05) is 10.5 Å². The van der Waals surface area contributed by atoms with Crippen molar-refractivity contribution in [3.63, 3.8) is 0 Å². The second-order valence-electron chi connectivity index (χ2n) is 0.401. The van der Waals surface area contributed by atoms with Crippen molar-refractivity contribution in [2.45, 2.75) is 0 Å². The minimum absolute atomic E-state index is 0. The van der Waals surface area contributed by atoms with E-state index in [1.54, 1.807) is 0 Å². The van der Waals surface area contributed by atoms with Gasteiger partial charge in [-0.3, -0.25) is 4.21 Å². The molecule has 0 aromatic carbocycles. The smallest absolute Gasteiger partial charge is 1.00 e. The van der Waals surface area contributed by atoms with E-state index in [0.29, 0.717) is 0 Å². The van der Waals surface area contributed by atoms with Crippen molar-refractivity contribution in [3.8, 4) is 0 Å². The molecule has 1 atom stereocenters. The Labute approximate surface area is 49.3 Å². The molecule has 0 aromatic rings. The van der Waals surface area contributed by atoms with Crippen LogP contribution in [0.2, 0.25) is 0 Å². The van der Waals surface area contributed by atoms with E-state index in [2.05, 4.69) is 0 Å². The molecule has 0 N–H and O–H groups in total. The van der Waals surface area contributed by atoms with E-state index in [0.717, 1.165) is 0 Å². The molecule has 0 saturated heterocycles. The van der Waals surface area contributed by atoms with Crippen LogP contribution in [0.1, 0.15) is 1.43 Å². The Morgan fingerprint density at radius 2 is 2.00 bits per heavy atom. The summed E-state index contributed by atoms with van der Waals surface area (Å²) in [6.45, 7) is 0. The zero-order valence-corrected chi connectivity index (χ0v) is 6.04. The van der Waals surface area contributed by atoms with E-state index in [9.17, 15) is 0 Å². The molecule has 0 spiro atoms. The van der Waals surface area contributed by atoms with Crippen molar-refractivity contribution < 1.29 is 29.0 Å². The van der Waals surface area contributed by atoms with Crippen LogP contribution in [0, 0.1) is 0 Å². The van der Waals surface area contributed by atoms with Crippen molar-refractivity contribution in [1.29, 1.82) is 0 Å². The molecule has 5 heteroatoms. The van der Waals surface area contributed by atoms with Gasteiger partial charge in [0.15, 0.2) is 0 Å². The summed E-state index contributed by atoms with van der Waals surface area (Å²) >= 11 is 0. The summed E-state index contributed by atoms with van der Waals surface area (Å²) in [5.41, 5.74) is 0. The first-order chi connectivity index (χ1) is 1.73. The van der Waals surface area contributed by atoms with Crippen LogP contribution in [0.5, 0.6) is 0 Å². The van der Waals surface area contributed by atoms with E-state index >= 15 is 0 Å². The van der Waals surface area contributed by atoms with Crippen molar-refractivity contribution >= 4 is 19.9 Å². The maximum Gasteiger partial charge on any atom is 1.00 e. The molecule has 2 nitrogen and oxygen atoms in total. The molecular formula is H4LiO2SSi-. The molecule has 0 radical (unpaired) electrons. The Bertz CT molecular complexity index is 36.5. The average Bonchev–Trinajstić information content (AvgIpc) is 0.811. The predicted octanol–water partition coefficient (Wildman–Crippen LogP) is -4.74. The molecule has 5 heavy (non-hydrogen) atoms. The molecule has 0 aromatic heterocycles. The zero-order valence-electron chi connectivity index (χ0n) is 4.22. The minimum Gasteiger partial charge on any atom is -1.00 e. The van der Waals surface area contributed by atoms with Crippen LogP contribution in [-0.2, 0) is 10.5 Å². The quantitative estimate of drug-likeness (QED) is 0.228. The fraction of sp³-hybridized carbons (Fsp3) is 0. The Morgan fingerprint density at radius 3 is 2.00 bits per heavy atom. The second kappa shape index (κ2) is 4.92. The summed E-state index contributed by atoms with van der Waals surface area (Å²) < 4.78 is 18.1. The van der Waals surface area contributed by atoms with E-state index < -0.39 is 10.5 Å². The fourth-order valence-corrected chi connectivity index (χ4v) is 0. The first-order valence-electron chi connectivity index (χ1n) is 0.742. The van der Waals surface area contributed by atoms with Crippen molar-refractivity contribution in [2.24, 2.45) is 0 Å². The normalized spacial score (nSPS) is 13.0. The second-order valence-corrected chi connectivity index (χ2v) is 3.20. The summed E-state index contributed by atoms with van der Waals surface area (Å²) in [4.78, 5) is 0. The molecule has 0 bridgehead atoms. The van der Waals surface area contributed by atoms with Gasteiger partial charge in [0.25, 0.3) is 0 Å². The summed E-state index contributed by atoms with van der Waals surface area (Å²) in [6, 6.07) is 0. The van der Waals surface area contributed by atoms with Crippen molar-refractivity contribution in [3.05, 3.63) is 0 Å². The van der Waals surface area contributed by atoms with Crippen LogP contribution in [0.3, 0.4) is 0 Å². The van der Waals surface area contributed by atoms with Gasteiger partial charge in [0.1, 0.15) is 0 Å². The molecule has 0 saturated carbocycles. The molecule has 0 aliphatic heterocycles. The van der Waals surface area contributed by atoms with Gasteiger partial charge < -0.3 is 5.98 Å². The molecule has 0 heterocycles. The predicted molar refractivity (Wildman–Crippen MR) is 20.0 cm³/mol. The van der Waals surface area contributed by atoms with Crippen LogP contribution in [-0.4, -0.2) is 18.2 Å². The largest absolute Gasteiger partial charge is 1.00 e. The van der Waals surface area contributed by atoms with E-state index in [4.69, 9.17) is 8.76 Å². The zero-order chi connectivity index (χ0) is 3.58. The van der Waals surface area contributed by atoms with Crippen LogP contribution >= 0.6 is 0 Å². The topological polar surface area (TPSA) is 40.1 Å². The van der Waals surface area contributed by atoms with E-state index in [-0.39, 0.29) is 29.7 Å². The molecule has 1 unspecified atom stereocenters. The number of hydrogen-bond donors (Lipinski definition) is 0. The van der Waals surface area contributed by atoms with Gasteiger partial charge in [0.05, 0.1) is 9.39 Å². The average molecular weight is 103 g/mol. The van der Waals surface area contributed by atoms with Gasteiger partial charge >= 0.3 is 18.9 Å². The van der Waals surface area contributed by atoms with Crippen LogP contribution in [0.25, 0.3) is 0 Å². The van der Waals surface area contributed by atoms with E-state index in [1.165, 1.54) is 0 Å². The Hall–Kier alpha value is 0.924. The van der Waals surface area contributed by atoms with Gasteiger partial charge in [0.2, 0.25) is 0 Å². The molecular weight excluding hydrogens is 99.1 g/mol. The first kappa shape index (κ1) is 9.33. The fourth-order valence-electron chi connectivity index (χ4n) is 0. The first-order valence-corrected chi connectivity index (χ1v) is 4.67. The summed E-state index contributed by atoms with van der Waals surface area (Å²) in [5, 5.41) is 0. The van der Waals surface area contributed by atoms with Crippen molar-refractivity contribution in [2.75, 3.05) is 0 Å². The molecule has 0 rings (SSSR count). The molecule has 28 valence electrons. The van der Waals surface area contributed by atoms with Crippen LogP contribution < -0.4 is 18.9 Å². The van der Waals surface area contributed by atoms with Gasteiger partial charge in [0, 0.05) is 0 Å². The SMILES string of the molecule is O=S([O-])[SiH3].[H-].[Li+]. The van der Waals surface area contributed by atoms with Gasteiger partial charge in [-0.15, -0.1) is 0 Å². The van der Waals surface area contributed by atoms with Crippen molar-refractivity contribution in [1.82, 2.24) is 0 Å². The third kappa shape index (κ3) is 49.3. The van der Waals surface area contributed by atoms with Gasteiger partial charge in [-0.25, -0.2) is 0 Å².